The number of thiazole rings is 1. The lowest BCUT2D eigenvalue weighted by molar-refractivity contribution is -0.124. The Bertz CT molecular complexity index is 653. The van der Waals surface area contributed by atoms with Crippen LogP contribution in [0.2, 0.25) is 0 Å². The average Bonchev–Trinajstić information content (AvgIpc) is 2.84. The van der Waals surface area contributed by atoms with Gasteiger partial charge in [0.2, 0.25) is 0 Å². The molecule has 22 heavy (non-hydrogen) atoms. The standard InChI is InChI=1S/C16H18N2O3S/c1-11-15(22-12(2)18-11)16(20)21-10-14(19)17-9-8-13-6-4-3-5-7-13/h3-7H,8-10H2,1-2H3,(H,17,19). The Labute approximate surface area is 133 Å². The van der Waals surface area contributed by atoms with Gasteiger partial charge in [0.1, 0.15) is 4.88 Å². The minimum atomic E-state index is -0.499. The van der Waals surface area contributed by atoms with E-state index in [0.717, 1.165) is 17.0 Å². The summed E-state index contributed by atoms with van der Waals surface area (Å²) in [5, 5.41) is 3.53. The second-order valence-electron chi connectivity index (χ2n) is 4.81. The smallest absolute Gasteiger partial charge is 0.350 e. The SMILES string of the molecule is Cc1nc(C)c(C(=O)OCC(=O)NCCc2ccccc2)s1. The van der Waals surface area contributed by atoms with E-state index in [2.05, 4.69) is 10.3 Å². The Kier molecular flexibility index (Phi) is 5.66. The minimum absolute atomic E-state index is 0.274. The van der Waals surface area contributed by atoms with Crippen LogP contribution in [0.15, 0.2) is 30.3 Å². The summed E-state index contributed by atoms with van der Waals surface area (Å²) in [5.41, 5.74) is 1.78. The van der Waals surface area contributed by atoms with Crippen molar-refractivity contribution in [3.63, 3.8) is 0 Å². The molecule has 116 valence electrons. The molecule has 0 atom stereocenters. The maximum absolute atomic E-state index is 11.8. The van der Waals surface area contributed by atoms with Gasteiger partial charge in [0, 0.05) is 6.54 Å². The number of carbonyl (C=O) groups excluding carboxylic acids is 2. The molecule has 2 rings (SSSR count). The van der Waals surface area contributed by atoms with Crippen molar-refractivity contribution in [1.29, 1.82) is 0 Å². The van der Waals surface area contributed by atoms with Crippen LogP contribution in [0.4, 0.5) is 0 Å². The predicted molar refractivity (Wildman–Crippen MR) is 85.0 cm³/mol. The molecular formula is C16H18N2O3S. The van der Waals surface area contributed by atoms with E-state index in [1.54, 1.807) is 6.92 Å². The lowest BCUT2D eigenvalue weighted by Gasteiger charge is -2.06. The molecule has 0 spiro atoms. The van der Waals surface area contributed by atoms with E-state index < -0.39 is 5.97 Å². The maximum Gasteiger partial charge on any atom is 0.350 e. The van der Waals surface area contributed by atoms with Crippen molar-refractivity contribution in [2.24, 2.45) is 0 Å². The fourth-order valence-corrected chi connectivity index (χ4v) is 2.77. The Hall–Kier alpha value is -2.21. The fraction of sp³-hybridized carbons (Fsp3) is 0.312. The number of nitrogens with one attached hydrogen (secondary N) is 1. The van der Waals surface area contributed by atoms with Crippen molar-refractivity contribution in [2.45, 2.75) is 20.3 Å². The predicted octanol–water partition coefficient (Wildman–Crippen LogP) is 2.28. The van der Waals surface area contributed by atoms with Crippen LogP contribution >= 0.6 is 11.3 Å². The van der Waals surface area contributed by atoms with Gasteiger partial charge < -0.3 is 10.1 Å². The number of hydrogen-bond acceptors (Lipinski definition) is 5. The Balaban J connectivity index is 1.71. The number of nitrogens with zero attached hydrogens (tertiary/aromatic N) is 1. The van der Waals surface area contributed by atoms with Gasteiger partial charge in [0.25, 0.3) is 5.91 Å². The monoisotopic (exact) mass is 318 g/mol. The highest BCUT2D eigenvalue weighted by atomic mass is 32.1. The molecule has 0 bridgehead atoms. The van der Waals surface area contributed by atoms with Crippen LogP contribution in [0.1, 0.15) is 25.9 Å². The molecule has 1 aromatic carbocycles. The van der Waals surface area contributed by atoms with Crippen molar-refractivity contribution in [3.8, 4) is 0 Å². The Morgan fingerprint density at radius 1 is 1.23 bits per heavy atom. The third-order valence-corrected chi connectivity index (χ3v) is 4.05. The van der Waals surface area contributed by atoms with E-state index in [9.17, 15) is 9.59 Å². The summed E-state index contributed by atoms with van der Waals surface area (Å²) in [6, 6.07) is 9.86. The summed E-state index contributed by atoms with van der Waals surface area (Å²) < 4.78 is 5.01. The van der Waals surface area contributed by atoms with Gasteiger partial charge in [-0.15, -0.1) is 11.3 Å². The fourth-order valence-electron chi connectivity index (χ4n) is 1.96. The van der Waals surface area contributed by atoms with Crippen LogP contribution < -0.4 is 5.32 Å². The lowest BCUT2D eigenvalue weighted by atomic mass is 10.1. The molecule has 5 nitrogen and oxygen atoms in total. The molecule has 1 aromatic heterocycles. The van der Waals surface area contributed by atoms with Gasteiger partial charge in [-0.3, -0.25) is 4.79 Å². The van der Waals surface area contributed by atoms with Crippen LogP contribution in [-0.2, 0) is 16.0 Å². The lowest BCUT2D eigenvalue weighted by Crippen LogP contribution is -2.30. The molecule has 0 aliphatic rings. The first-order valence-corrected chi connectivity index (χ1v) is 7.79. The van der Waals surface area contributed by atoms with Gasteiger partial charge in [-0.05, 0) is 25.8 Å². The summed E-state index contributed by atoms with van der Waals surface area (Å²) in [5.74, 6) is -0.801. The molecule has 0 radical (unpaired) electrons. The van der Waals surface area contributed by atoms with Gasteiger partial charge in [-0.1, -0.05) is 30.3 Å². The molecule has 0 aliphatic carbocycles. The third kappa shape index (κ3) is 4.66. The quantitative estimate of drug-likeness (QED) is 0.830. The second kappa shape index (κ2) is 7.70. The van der Waals surface area contributed by atoms with Crippen molar-refractivity contribution in [1.82, 2.24) is 10.3 Å². The van der Waals surface area contributed by atoms with Crippen molar-refractivity contribution in [2.75, 3.05) is 13.2 Å². The molecule has 6 heteroatoms. The van der Waals surface area contributed by atoms with Gasteiger partial charge in [-0.25, -0.2) is 9.78 Å². The molecule has 0 fully saturated rings. The van der Waals surface area contributed by atoms with Crippen LogP contribution in [-0.4, -0.2) is 30.0 Å². The molecule has 2 aromatic rings. The normalized spacial score (nSPS) is 10.3. The van der Waals surface area contributed by atoms with Gasteiger partial charge in [0.05, 0.1) is 10.7 Å². The Morgan fingerprint density at radius 2 is 1.95 bits per heavy atom. The first kappa shape index (κ1) is 16.2. The van der Waals surface area contributed by atoms with Crippen molar-refractivity contribution < 1.29 is 14.3 Å². The highest BCUT2D eigenvalue weighted by Crippen LogP contribution is 2.17. The summed E-state index contributed by atoms with van der Waals surface area (Å²) in [7, 11) is 0. The van der Waals surface area contributed by atoms with E-state index in [4.69, 9.17) is 4.74 Å². The zero-order valence-electron chi connectivity index (χ0n) is 12.6. The number of carbonyl (C=O) groups is 2. The average molecular weight is 318 g/mol. The zero-order valence-corrected chi connectivity index (χ0v) is 13.4. The van der Waals surface area contributed by atoms with Crippen molar-refractivity contribution >= 4 is 23.2 Å². The highest BCUT2D eigenvalue weighted by molar-refractivity contribution is 7.13. The largest absolute Gasteiger partial charge is 0.451 e. The number of ether oxygens (including phenoxy) is 1. The number of aryl methyl sites for hydroxylation is 2. The number of amides is 1. The molecule has 1 amide bonds. The Morgan fingerprint density at radius 3 is 2.59 bits per heavy atom. The molecule has 0 saturated heterocycles. The van der Waals surface area contributed by atoms with E-state index in [-0.39, 0.29) is 12.5 Å². The topological polar surface area (TPSA) is 68.3 Å². The molecular weight excluding hydrogens is 300 g/mol. The van der Waals surface area contributed by atoms with E-state index >= 15 is 0 Å². The molecule has 1 N–H and O–H groups in total. The molecule has 1 heterocycles. The summed E-state index contributed by atoms with van der Waals surface area (Å²) in [6.07, 6.45) is 0.744. The summed E-state index contributed by atoms with van der Waals surface area (Å²) in [4.78, 5) is 28.1. The summed E-state index contributed by atoms with van der Waals surface area (Å²) >= 11 is 1.27. The first-order valence-electron chi connectivity index (χ1n) is 6.98. The zero-order chi connectivity index (χ0) is 15.9. The maximum atomic E-state index is 11.8. The molecule has 0 unspecified atom stereocenters. The number of hydrogen-bond donors (Lipinski definition) is 1. The van der Waals surface area contributed by atoms with Crippen molar-refractivity contribution in [3.05, 3.63) is 51.5 Å². The number of benzene rings is 1. The first-order chi connectivity index (χ1) is 10.6. The molecule has 0 aliphatic heterocycles. The van der Waals surface area contributed by atoms with E-state index in [1.807, 2.05) is 37.3 Å². The van der Waals surface area contributed by atoms with E-state index in [0.29, 0.717) is 17.1 Å². The van der Waals surface area contributed by atoms with Crippen LogP contribution in [0.3, 0.4) is 0 Å². The van der Waals surface area contributed by atoms with Gasteiger partial charge in [0.15, 0.2) is 6.61 Å². The second-order valence-corrected chi connectivity index (χ2v) is 6.01. The molecule has 0 saturated carbocycles. The van der Waals surface area contributed by atoms with Crippen LogP contribution in [0.5, 0.6) is 0 Å². The minimum Gasteiger partial charge on any atom is -0.451 e. The van der Waals surface area contributed by atoms with Gasteiger partial charge in [-0.2, -0.15) is 0 Å². The summed E-state index contributed by atoms with van der Waals surface area (Å²) in [6.45, 7) is 3.81. The van der Waals surface area contributed by atoms with Crippen LogP contribution in [0.25, 0.3) is 0 Å². The highest BCUT2D eigenvalue weighted by Gasteiger charge is 2.16. The number of rotatable bonds is 6. The third-order valence-electron chi connectivity index (χ3n) is 3.00. The number of aromatic nitrogens is 1. The van der Waals surface area contributed by atoms with Gasteiger partial charge >= 0.3 is 5.97 Å². The van der Waals surface area contributed by atoms with E-state index in [1.165, 1.54) is 11.3 Å². The number of esters is 1. The van der Waals surface area contributed by atoms with Crippen LogP contribution in [0, 0.1) is 13.8 Å².